The first-order chi connectivity index (χ1) is 21.4. The van der Waals surface area contributed by atoms with E-state index in [9.17, 15) is 9.59 Å². The Hall–Kier alpha value is -3.43. The first-order valence-electron chi connectivity index (χ1n) is 16.1. The van der Waals surface area contributed by atoms with Gasteiger partial charge in [-0.1, -0.05) is 58.9 Å². The van der Waals surface area contributed by atoms with Gasteiger partial charge in [0.25, 0.3) is 0 Å². The van der Waals surface area contributed by atoms with Gasteiger partial charge in [0, 0.05) is 55.4 Å². The molecule has 1 saturated heterocycles. The van der Waals surface area contributed by atoms with Gasteiger partial charge in [0.1, 0.15) is 0 Å². The van der Waals surface area contributed by atoms with Crippen LogP contribution in [0.2, 0.25) is 0 Å². The van der Waals surface area contributed by atoms with Gasteiger partial charge in [0.05, 0.1) is 5.01 Å². The maximum atomic E-state index is 12.4. The minimum absolute atomic E-state index is 0.0544. The number of likely N-dealkylation sites (tertiary alicyclic amines) is 1. The van der Waals surface area contributed by atoms with E-state index < -0.39 is 0 Å². The molecule has 0 unspecified atom stereocenters. The lowest BCUT2D eigenvalue weighted by molar-refractivity contribution is -0.116. The summed E-state index contributed by atoms with van der Waals surface area (Å²) in [6.07, 6.45) is 16.5. The highest BCUT2D eigenvalue weighted by Gasteiger charge is 2.23. The first kappa shape index (κ1) is 38.6. The summed E-state index contributed by atoms with van der Waals surface area (Å²) in [6, 6.07) is 7.75. The zero-order chi connectivity index (χ0) is 32.7. The number of anilines is 1. The van der Waals surface area contributed by atoms with Crippen molar-refractivity contribution in [3.63, 3.8) is 0 Å². The average molecular weight is 625 g/mol. The van der Waals surface area contributed by atoms with Crippen LogP contribution in [0.15, 0.2) is 71.5 Å². The molecule has 1 aromatic carbocycles. The van der Waals surface area contributed by atoms with Crippen molar-refractivity contribution in [3.8, 4) is 0 Å². The van der Waals surface area contributed by atoms with Crippen molar-refractivity contribution < 1.29 is 9.59 Å². The van der Waals surface area contributed by atoms with Crippen LogP contribution in [0.4, 0.5) is 10.5 Å². The highest BCUT2D eigenvalue weighted by molar-refractivity contribution is 7.09. The predicted molar refractivity (Wildman–Crippen MR) is 188 cm³/mol. The van der Waals surface area contributed by atoms with Crippen molar-refractivity contribution in [1.82, 2.24) is 20.1 Å². The zero-order valence-corrected chi connectivity index (χ0v) is 28.9. The molecule has 0 spiro atoms. The number of benzene rings is 1. The standard InChI is InChI=1S/C22H31N3O.C9H13N3OS.2C2H6/c1-4-19-10-6-5-7-14-23-16-20(19)12-13-22(26)24-21-11-8-9-18(15-21)17-25(2)3;10-9(13)12-4-1-7(2-5-12)8-11-3-6-14-8;2*1-2/h7-11,14-16,23H,4-6,12-13,17H2,1-3H3,(H,24,26);3,6-7H,1-2,4-5H2,(H2,10,13);2*1-2H3/b14-7+,19-10+,20-16-;;;. The van der Waals surface area contributed by atoms with Crippen LogP contribution < -0.4 is 16.4 Å². The van der Waals surface area contributed by atoms with Crippen LogP contribution in [0.5, 0.6) is 0 Å². The molecule has 2 aliphatic rings. The number of hydrogen-bond donors (Lipinski definition) is 3. The number of thiazole rings is 1. The van der Waals surface area contributed by atoms with Gasteiger partial charge in [-0.2, -0.15) is 0 Å². The van der Waals surface area contributed by atoms with E-state index in [1.165, 1.54) is 21.7 Å². The second-order valence-electron chi connectivity index (χ2n) is 10.4. The number of piperidine rings is 1. The molecule has 4 N–H and O–H groups in total. The Balaban J connectivity index is 0.000000450. The fourth-order valence-electron chi connectivity index (χ4n) is 4.85. The third kappa shape index (κ3) is 14.8. The molecule has 2 aliphatic heterocycles. The summed E-state index contributed by atoms with van der Waals surface area (Å²) < 4.78 is 0. The molecule has 1 fully saturated rings. The second kappa shape index (κ2) is 23.0. The summed E-state index contributed by atoms with van der Waals surface area (Å²) >= 11 is 1.69. The summed E-state index contributed by atoms with van der Waals surface area (Å²) in [5.41, 5.74) is 9.82. The summed E-state index contributed by atoms with van der Waals surface area (Å²) in [7, 11) is 4.08. The largest absolute Gasteiger partial charge is 0.368 e. The van der Waals surface area contributed by atoms with Crippen molar-refractivity contribution in [2.45, 2.75) is 92.0 Å². The van der Waals surface area contributed by atoms with Gasteiger partial charge in [0.15, 0.2) is 0 Å². The van der Waals surface area contributed by atoms with Gasteiger partial charge < -0.3 is 26.2 Å². The molecular weight excluding hydrogens is 568 g/mol. The van der Waals surface area contributed by atoms with E-state index in [1.807, 2.05) is 84.0 Å². The van der Waals surface area contributed by atoms with E-state index in [0.29, 0.717) is 12.3 Å². The van der Waals surface area contributed by atoms with Gasteiger partial charge in [-0.15, -0.1) is 11.3 Å². The zero-order valence-electron chi connectivity index (χ0n) is 28.1. The monoisotopic (exact) mass is 624 g/mol. The minimum atomic E-state index is -0.303. The Kier molecular flexibility index (Phi) is 20.2. The van der Waals surface area contributed by atoms with Gasteiger partial charge in [-0.25, -0.2) is 9.78 Å². The Morgan fingerprint density at radius 2 is 1.84 bits per heavy atom. The lowest BCUT2D eigenvalue weighted by atomic mass is 9.98. The van der Waals surface area contributed by atoms with Crippen LogP contribution in [0.1, 0.15) is 96.1 Å². The normalized spacial score (nSPS) is 17.9. The smallest absolute Gasteiger partial charge is 0.314 e. The first-order valence-corrected chi connectivity index (χ1v) is 17.0. The van der Waals surface area contributed by atoms with Gasteiger partial charge in [-0.05, 0) is 87.7 Å². The van der Waals surface area contributed by atoms with Crippen LogP contribution in [0, 0.1) is 0 Å². The predicted octanol–water partition coefficient (Wildman–Crippen LogP) is 8.04. The number of allylic oxidation sites excluding steroid dienone is 4. The van der Waals surface area contributed by atoms with Gasteiger partial charge >= 0.3 is 6.03 Å². The Bertz CT molecular complexity index is 1170. The number of aromatic nitrogens is 1. The van der Waals surface area contributed by atoms with Crippen molar-refractivity contribution in [1.29, 1.82) is 0 Å². The molecule has 44 heavy (non-hydrogen) atoms. The molecule has 4 rings (SSSR count). The van der Waals surface area contributed by atoms with Crippen molar-refractivity contribution in [2.24, 2.45) is 5.73 Å². The number of carbonyl (C=O) groups is 2. The topological polar surface area (TPSA) is 104 Å². The lowest BCUT2D eigenvalue weighted by Gasteiger charge is -2.29. The molecule has 0 atom stereocenters. The highest BCUT2D eigenvalue weighted by Crippen LogP contribution is 2.29. The van der Waals surface area contributed by atoms with Crippen molar-refractivity contribution in [3.05, 3.63) is 82.1 Å². The molecule has 8 nitrogen and oxygen atoms in total. The quantitative estimate of drug-likeness (QED) is 0.276. The maximum Gasteiger partial charge on any atom is 0.314 e. The SMILES string of the molecule is CC.CC.CCC1=C\CC/C=C/N/C=C\1CCC(=O)Nc1cccc(CN(C)C)c1.NC(=O)N1CCC(c2nccs2)CC1. The Morgan fingerprint density at radius 1 is 1.11 bits per heavy atom. The van der Waals surface area contributed by atoms with Crippen LogP contribution in [-0.4, -0.2) is 53.9 Å². The molecule has 9 heteroatoms. The molecule has 0 bridgehead atoms. The molecule has 2 aromatic rings. The number of hydrogen-bond acceptors (Lipinski definition) is 6. The molecule has 3 amide bonds. The molecular formula is C35H56N6O2S. The third-order valence-corrected chi connectivity index (χ3v) is 7.87. The Morgan fingerprint density at radius 3 is 2.45 bits per heavy atom. The molecule has 3 heterocycles. The number of urea groups is 1. The molecule has 0 aliphatic carbocycles. The van der Waals surface area contributed by atoms with Crippen LogP contribution in [0.3, 0.4) is 0 Å². The molecule has 244 valence electrons. The van der Waals surface area contributed by atoms with Crippen LogP contribution in [0.25, 0.3) is 0 Å². The lowest BCUT2D eigenvalue weighted by Crippen LogP contribution is -2.41. The van der Waals surface area contributed by atoms with Crippen molar-refractivity contribution >= 4 is 29.0 Å². The number of primary amides is 1. The van der Waals surface area contributed by atoms with Gasteiger partial charge in [0.2, 0.25) is 5.91 Å². The summed E-state index contributed by atoms with van der Waals surface area (Å²) in [5.74, 6) is 0.573. The minimum Gasteiger partial charge on any atom is -0.368 e. The molecule has 0 saturated carbocycles. The van der Waals surface area contributed by atoms with Crippen LogP contribution in [-0.2, 0) is 11.3 Å². The van der Waals surface area contributed by atoms with E-state index in [2.05, 4.69) is 45.7 Å². The number of nitrogens with zero attached hydrogens (tertiary/aromatic N) is 3. The maximum absolute atomic E-state index is 12.4. The number of nitrogens with two attached hydrogens (primary N) is 1. The van der Waals surface area contributed by atoms with Crippen molar-refractivity contribution in [2.75, 3.05) is 32.5 Å². The fourth-order valence-corrected chi connectivity index (χ4v) is 5.66. The third-order valence-electron chi connectivity index (χ3n) is 6.93. The van der Waals surface area contributed by atoms with Crippen LogP contribution >= 0.6 is 11.3 Å². The van der Waals surface area contributed by atoms with E-state index in [-0.39, 0.29) is 11.9 Å². The summed E-state index contributed by atoms with van der Waals surface area (Å²) in [5, 5.41) is 9.44. The highest BCUT2D eigenvalue weighted by atomic mass is 32.1. The summed E-state index contributed by atoms with van der Waals surface area (Å²) in [6.45, 7) is 12.6. The van der Waals surface area contributed by atoms with E-state index in [1.54, 1.807) is 16.2 Å². The Labute approximate surface area is 270 Å². The number of carbonyl (C=O) groups excluding carboxylic acids is 2. The van der Waals surface area contributed by atoms with E-state index >= 15 is 0 Å². The number of nitrogens with one attached hydrogen (secondary N) is 2. The number of rotatable bonds is 8. The van der Waals surface area contributed by atoms with E-state index in [0.717, 1.165) is 63.8 Å². The second-order valence-corrected chi connectivity index (χ2v) is 11.3. The summed E-state index contributed by atoms with van der Waals surface area (Å²) in [4.78, 5) is 31.4. The average Bonchev–Trinajstić information content (AvgIpc) is 3.60. The number of amides is 3. The molecule has 1 aromatic heterocycles. The van der Waals surface area contributed by atoms with E-state index in [4.69, 9.17) is 5.73 Å². The molecule has 0 radical (unpaired) electrons. The van der Waals surface area contributed by atoms with Gasteiger partial charge in [-0.3, -0.25) is 4.79 Å². The fraction of sp³-hybridized carbons (Fsp3) is 0.514.